The van der Waals surface area contributed by atoms with Crippen molar-refractivity contribution in [2.24, 2.45) is 10.8 Å². The first-order valence-corrected chi connectivity index (χ1v) is 6.76. The third kappa shape index (κ3) is 7.16. The molecule has 0 heterocycles. The van der Waals surface area contributed by atoms with Gasteiger partial charge in [-0.2, -0.15) is 0 Å². The predicted molar refractivity (Wildman–Crippen MR) is 78.6 cm³/mol. The highest BCUT2D eigenvalue weighted by atomic mass is 16.5. The number of carboxylic acid groups (broad SMARTS) is 1. The van der Waals surface area contributed by atoms with Gasteiger partial charge in [0.2, 0.25) is 0 Å². The quantitative estimate of drug-likeness (QED) is 0.704. The number of allylic oxidation sites excluding steroid dienone is 1. The normalized spacial score (nSPS) is 13.4. The highest BCUT2D eigenvalue weighted by molar-refractivity contribution is 5.80. The van der Waals surface area contributed by atoms with Crippen molar-refractivity contribution in [3.05, 3.63) is 12.7 Å². The van der Waals surface area contributed by atoms with Crippen LogP contribution in [0.25, 0.3) is 0 Å². The van der Waals surface area contributed by atoms with E-state index in [1.54, 1.807) is 20.8 Å². The van der Waals surface area contributed by atoms with Gasteiger partial charge in [0.15, 0.2) is 0 Å². The molecule has 0 saturated heterocycles. The molecule has 20 heavy (non-hydrogen) atoms. The molecule has 0 aromatic rings. The van der Waals surface area contributed by atoms with Crippen molar-refractivity contribution in [1.29, 1.82) is 0 Å². The van der Waals surface area contributed by atoms with E-state index in [1.807, 2.05) is 19.9 Å². The Morgan fingerprint density at radius 3 is 2.25 bits per heavy atom. The third-order valence-electron chi connectivity index (χ3n) is 2.99. The second-order valence-corrected chi connectivity index (χ2v) is 6.85. The molecule has 0 aliphatic carbocycles. The van der Waals surface area contributed by atoms with E-state index in [0.29, 0.717) is 0 Å². The summed E-state index contributed by atoms with van der Waals surface area (Å²) in [6.45, 7) is 13.1. The smallest absolute Gasteiger partial charge is 0.407 e. The van der Waals surface area contributed by atoms with Gasteiger partial charge < -0.3 is 15.2 Å². The molecule has 0 spiro atoms. The first-order chi connectivity index (χ1) is 8.99. The van der Waals surface area contributed by atoms with Crippen LogP contribution in [0, 0.1) is 10.8 Å². The molecular formula is C15H27NO4. The number of rotatable bonds is 7. The molecular weight excluding hydrogens is 258 g/mol. The minimum atomic E-state index is -1.07. The van der Waals surface area contributed by atoms with Crippen LogP contribution >= 0.6 is 0 Å². The van der Waals surface area contributed by atoms with E-state index in [1.165, 1.54) is 0 Å². The second-order valence-electron chi connectivity index (χ2n) is 6.85. The van der Waals surface area contributed by atoms with Gasteiger partial charge >= 0.3 is 12.1 Å². The molecule has 1 amide bonds. The summed E-state index contributed by atoms with van der Waals surface area (Å²) in [6, 6.07) is -0.980. The highest BCUT2D eigenvalue weighted by Crippen LogP contribution is 2.23. The number of hydrogen-bond donors (Lipinski definition) is 2. The van der Waals surface area contributed by atoms with E-state index < -0.39 is 23.5 Å². The highest BCUT2D eigenvalue weighted by Gasteiger charge is 2.33. The number of ether oxygens (including phenoxy) is 1. The number of hydrogen-bond acceptors (Lipinski definition) is 3. The number of carboxylic acids is 1. The number of carbonyl (C=O) groups is 2. The zero-order valence-electron chi connectivity index (χ0n) is 13.2. The molecule has 116 valence electrons. The summed E-state index contributed by atoms with van der Waals surface area (Å²) in [5, 5.41) is 11.5. The van der Waals surface area contributed by atoms with Crippen LogP contribution in [0.5, 0.6) is 0 Å². The fourth-order valence-electron chi connectivity index (χ4n) is 1.63. The lowest BCUT2D eigenvalue weighted by Gasteiger charge is -2.28. The van der Waals surface area contributed by atoms with Crippen LogP contribution in [-0.4, -0.2) is 29.8 Å². The number of carbonyl (C=O) groups excluding carboxylic acids is 1. The maximum atomic E-state index is 11.7. The monoisotopic (exact) mass is 285 g/mol. The van der Waals surface area contributed by atoms with Gasteiger partial charge in [0.05, 0.1) is 6.61 Å². The average molecular weight is 285 g/mol. The van der Waals surface area contributed by atoms with E-state index in [9.17, 15) is 9.59 Å². The molecule has 0 unspecified atom stereocenters. The van der Waals surface area contributed by atoms with E-state index in [2.05, 4.69) is 11.9 Å². The Morgan fingerprint density at radius 1 is 1.30 bits per heavy atom. The summed E-state index contributed by atoms with van der Waals surface area (Å²) in [4.78, 5) is 22.9. The van der Waals surface area contributed by atoms with Crippen molar-refractivity contribution < 1.29 is 19.4 Å². The molecule has 5 nitrogen and oxygen atoms in total. The summed E-state index contributed by atoms with van der Waals surface area (Å²) in [5.74, 6) is -1.07. The van der Waals surface area contributed by atoms with Crippen molar-refractivity contribution in [2.75, 3.05) is 6.61 Å². The van der Waals surface area contributed by atoms with Gasteiger partial charge in [-0.3, -0.25) is 0 Å². The Hall–Kier alpha value is -1.52. The van der Waals surface area contributed by atoms with Crippen molar-refractivity contribution >= 4 is 12.1 Å². The van der Waals surface area contributed by atoms with E-state index in [4.69, 9.17) is 9.84 Å². The number of nitrogens with one attached hydrogen (secondary N) is 1. The van der Waals surface area contributed by atoms with Gasteiger partial charge in [-0.1, -0.05) is 40.7 Å². The Kier molecular flexibility index (Phi) is 6.76. The predicted octanol–water partition coefficient (Wildman–Crippen LogP) is 3.20. The molecule has 0 saturated carbocycles. The van der Waals surface area contributed by atoms with Gasteiger partial charge in [-0.15, -0.1) is 6.58 Å². The molecule has 1 atom stereocenters. The van der Waals surface area contributed by atoms with E-state index in [-0.39, 0.29) is 12.0 Å². The second kappa shape index (κ2) is 7.31. The summed E-state index contributed by atoms with van der Waals surface area (Å²) in [7, 11) is 0. The Bertz CT molecular complexity index is 355. The van der Waals surface area contributed by atoms with Crippen LogP contribution in [0.15, 0.2) is 12.7 Å². The topological polar surface area (TPSA) is 75.6 Å². The molecule has 0 aromatic carbocycles. The van der Waals surface area contributed by atoms with Gasteiger partial charge in [-0.05, 0) is 23.7 Å². The molecule has 0 aliphatic heterocycles. The third-order valence-corrected chi connectivity index (χ3v) is 2.99. The molecule has 0 radical (unpaired) electrons. The Labute approximate surface area is 121 Å². The summed E-state index contributed by atoms with van der Waals surface area (Å²) in [5.41, 5.74) is -0.741. The van der Waals surface area contributed by atoms with Crippen molar-refractivity contribution in [1.82, 2.24) is 5.32 Å². The van der Waals surface area contributed by atoms with Gasteiger partial charge in [-0.25, -0.2) is 9.59 Å². The van der Waals surface area contributed by atoms with Crippen LogP contribution in [0.2, 0.25) is 0 Å². The fraction of sp³-hybridized carbons (Fsp3) is 0.733. The lowest BCUT2D eigenvalue weighted by molar-refractivity contribution is -0.142. The molecule has 5 heteroatoms. The zero-order chi connectivity index (χ0) is 16.0. The van der Waals surface area contributed by atoms with Crippen molar-refractivity contribution in [2.45, 2.75) is 53.5 Å². The number of aliphatic carboxylic acids is 1. The summed E-state index contributed by atoms with van der Waals surface area (Å²) < 4.78 is 5.13. The Balaban J connectivity index is 4.41. The van der Waals surface area contributed by atoms with Crippen molar-refractivity contribution in [3.8, 4) is 0 Å². The van der Waals surface area contributed by atoms with E-state index in [0.717, 1.165) is 12.8 Å². The van der Waals surface area contributed by atoms with Crippen LogP contribution in [0.4, 0.5) is 4.79 Å². The van der Waals surface area contributed by atoms with Crippen LogP contribution < -0.4 is 5.32 Å². The van der Waals surface area contributed by atoms with Crippen LogP contribution in [0.1, 0.15) is 47.5 Å². The molecule has 0 rings (SSSR count). The molecule has 0 aliphatic rings. The first-order valence-electron chi connectivity index (χ1n) is 6.76. The largest absolute Gasteiger partial charge is 0.480 e. The van der Waals surface area contributed by atoms with Gasteiger partial charge in [0, 0.05) is 0 Å². The van der Waals surface area contributed by atoms with Gasteiger partial charge in [0.1, 0.15) is 6.04 Å². The zero-order valence-corrected chi connectivity index (χ0v) is 13.2. The summed E-state index contributed by atoms with van der Waals surface area (Å²) in [6.07, 6.45) is 2.82. The molecule has 0 aromatic heterocycles. The van der Waals surface area contributed by atoms with Gasteiger partial charge in [0.25, 0.3) is 0 Å². The fourth-order valence-corrected chi connectivity index (χ4v) is 1.63. The molecule has 0 bridgehead atoms. The van der Waals surface area contributed by atoms with E-state index >= 15 is 0 Å². The molecule has 2 N–H and O–H groups in total. The van der Waals surface area contributed by atoms with Crippen LogP contribution in [0.3, 0.4) is 0 Å². The average Bonchev–Trinajstić information content (AvgIpc) is 2.29. The maximum absolute atomic E-state index is 11.7. The first kappa shape index (κ1) is 18.5. The van der Waals surface area contributed by atoms with Crippen molar-refractivity contribution in [3.63, 3.8) is 0 Å². The summed E-state index contributed by atoms with van der Waals surface area (Å²) >= 11 is 0. The SMILES string of the molecule is C=CCCC(C)(C)COC(=O)N[C@@H](C(=O)O)C(C)(C)C. The maximum Gasteiger partial charge on any atom is 0.407 e. The minimum absolute atomic E-state index is 0.161. The minimum Gasteiger partial charge on any atom is -0.480 e. The molecule has 0 fully saturated rings. The number of alkyl carbamates (subject to hydrolysis) is 1. The lowest BCUT2D eigenvalue weighted by Crippen LogP contribution is -2.49. The Morgan fingerprint density at radius 2 is 1.85 bits per heavy atom. The standard InChI is InChI=1S/C15H27NO4/c1-7-8-9-15(5,6)10-20-13(19)16-11(12(17)18)14(2,3)4/h7,11H,1,8-10H2,2-6H3,(H,16,19)(H,17,18)/t11-/m0/s1. The van der Waals surface area contributed by atoms with Crippen LogP contribution in [-0.2, 0) is 9.53 Å². The number of amides is 1. The lowest BCUT2D eigenvalue weighted by atomic mass is 9.87.